The minimum Gasteiger partial charge on any atom is -0.466 e. The maximum atomic E-state index is 11.8. The van der Waals surface area contributed by atoms with Gasteiger partial charge in [0.15, 0.2) is 0 Å². The molecular weight excluding hydrogens is 220 g/mol. The molecule has 1 unspecified atom stereocenters. The molecule has 1 N–H and O–H groups in total. The maximum Gasteiger partial charge on any atom is 0.310 e. The van der Waals surface area contributed by atoms with E-state index in [2.05, 4.69) is 5.32 Å². The number of carbonyl (C=O) groups is 2. The number of piperidine rings is 1. The van der Waals surface area contributed by atoms with Gasteiger partial charge < -0.3 is 15.0 Å². The molecule has 1 aliphatic rings. The van der Waals surface area contributed by atoms with Crippen molar-refractivity contribution in [1.29, 1.82) is 0 Å². The van der Waals surface area contributed by atoms with Gasteiger partial charge in [-0.2, -0.15) is 0 Å². The number of likely N-dealkylation sites (tertiary alicyclic amines) is 1. The summed E-state index contributed by atoms with van der Waals surface area (Å²) in [5.41, 5.74) is 0. The zero-order valence-electron chi connectivity index (χ0n) is 10.7. The third-order valence-corrected chi connectivity index (χ3v) is 2.92. The molecule has 0 bridgehead atoms. The van der Waals surface area contributed by atoms with Crippen molar-refractivity contribution in [2.24, 2.45) is 5.92 Å². The van der Waals surface area contributed by atoms with E-state index in [-0.39, 0.29) is 17.8 Å². The average Bonchev–Trinajstić information content (AvgIpc) is 2.36. The fourth-order valence-corrected chi connectivity index (χ4v) is 2.00. The summed E-state index contributed by atoms with van der Waals surface area (Å²) in [6.07, 6.45) is 1.70. The van der Waals surface area contributed by atoms with E-state index < -0.39 is 0 Å². The first-order valence-corrected chi connectivity index (χ1v) is 6.34. The lowest BCUT2D eigenvalue weighted by Crippen LogP contribution is -2.46. The Labute approximate surface area is 102 Å². The van der Waals surface area contributed by atoms with Crippen molar-refractivity contribution in [1.82, 2.24) is 10.2 Å². The molecule has 0 aliphatic carbocycles. The Kier molecular flexibility index (Phi) is 5.97. The summed E-state index contributed by atoms with van der Waals surface area (Å²) in [5, 5.41) is 3.01. The van der Waals surface area contributed by atoms with Crippen molar-refractivity contribution in [3.05, 3.63) is 0 Å². The predicted octanol–water partition coefficient (Wildman–Crippen LogP) is 0.398. The second-order valence-electron chi connectivity index (χ2n) is 4.21. The Morgan fingerprint density at radius 1 is 1.41 bits per heavy atom. The van der Waals surface area contributed by atoms with Gasteiger partial charge in [-0.15, -0.1) is 0 Å². The molecule has 1 amide bonds. The lowest BCUT2D eigenvalue weighted by molar-refractivity contribution is -0.151. The van der Waals surface area contributed by atoms with Gasteiger partial charge in [0.2, 0.25) is 5.91 Å². The fourth-order valence-electron chi connectivity index (χ4n) is 2.00. The highest BCUT2D eigenvalue weighted by Gasteiger charge is 2.28. The highest BCUT2D eigenvalue weighted by molar-refractivity contribution is 5.80. The van der Waals surface area contributed by atoms with Crippen LogP contribution in [0.3, 0.4) is 0 Å². The summed E-state index contributed by atoms with van der Waals surface area (Å²) in [5.74, 6) is -0.247. The van der Waals surface area contributed by atoms with Crippen LogP contribution in [0.5, 0.6) is 0 Å². The zero-order valence-corrected chi connectivity index (χ0v) is 10.7. The van der Waals surface area contributed by atoms with E-state index in [4.69, 9.17) is 4.74 Å². The summed E-state index contributed by atoms with van der Waals surface area (Å²) in [6, 6.07) is 0. The first-order chi connectivity index (χ1) is 8.19. The van der Waals surface area contributed by atoms with E-state index >= 15 is 0 Å². The van der Waals surface area contributed by atoms with E-state index in [0.717, 1.165) is 25.9 Å². The summed E-state index contributed by atoms with van der Waals surface area (Å²) in [7, 11) is 0. The first-order valence-electron chi connectivity index (χ1n) is 6.34. The number of ether oxygens (including phenoxy) is 1. The normalized spacial score (nSPS) is 20.1. The van der Waals surface area contributed by atoms with Gasteiger partial charge in [0, 0.05) is 13.1 Å². The van der Waals surface area contributed by atoms with Crippen LogP contribution in [-0.2, 0) is 14.3 Å². The molecule has 0 aromatic heterocycles. The molecule has 1 heterocycles. The number of rotatable bonds is 5. The Morgan fingerprint density at radius 3 is 2.82 bits per heavy atom. The van der Waals surface area contributed by atoms with Gasteiger partial charge in [-0.1, -0.05) is 6.92 Å². The van der Waals surface area contributed by atoms with Gasteiger partial charge in [0.25, 0.3) is 0 Å². The molecule has 0 spiro atoms. The van der Waals surface area contributed by atoms with Crippen molar-refractivity contribution >= 4 is 11.9 Å². The van der Waals surface area contributed by atoms with E-state index in [1.165, 1.54) is 0 Å². The van der Waals surface area contributed by atoms with Crippen molar-refractivity contribution in [3.8, 4) is 0 Å². The van der Waals surface area contributed by atoms with Crippen molar-refractivity contribution in [2.45, 2.75) is 26.7 Å². The lowest BCUT2D eigenvalue weighted by atomic mass is 9.98. The van der Waals surface area contributed by atoms with Crippen LogP contribution in [-0.4, -0.2) is 49.6 Å². The second-order valence-corrected chi connectivity index (χ2v) is 4.21. The van der Waals surface area contributed by atoms with Crippen molar-refractivity contribution in [3.63, 3.8) is 0 Å². The van der Waals surface area contributed by atoms with Crippen LogP contribution >= 0.6 is 0 Å². The third-order valence-electron chi connectivity index (χ3n) is 2.92. The number of nitrogens with zero attached hydrogens (tertiary/aromatic N) is 1. The number of hydrogen-bond donors (Lipinski definition) is 1. The van der Waals surface area contributed by atoms with Gasteiger partial charge >= 0.3 is 5.97 Å². The van der Waals surface area contributed by atoms with E-state index in [9.17, 15) is 9.59 Å². The Bertz CT molecular complexity index is 268. The molecule has 1 saturated heterocycles. The smallest absolute Gasteiger partial charge is 0.310 e. The summed E-state index contributed by atoms with van der Waals surface area (Å²) in [6.45, 7) is 6.55. The van der Waals surface area contributed by atoms with Crippen LogP contribution < -0.4 is 5.32 Å². The summed E-state index contributed by atoms with van der Waals surface area (Å²) < 4.78 is 5.00. The Balaban J connectivity index is 2.42. The van der Waals surface area contributed by atoms with Crippen molar-refractivity contribution < 1.29 is 14.3 Å². The van der Waals surface area contributed by atoms with Crippen LogP contribution in [0, 0.1) is 5.92 Å². The molecule has 17 heavy (non-hydrogen) atoms. The van der Waals surface area contributed by atoms with Gasteiger partial charge in [0.05, 0.1) is 19.1 Å². The maximum absolute atomic E-state index is 11.8. The van der Waals surface area contributed by atoms with Crippen LogP contribution in [0.4, 0.5) is 0 Å². The number of carbonyl (C=O) groups excluding carboxylic acids is 2. The Hall–Kier alpha value is -1.10. The average molecular weight is 242 g/mol. The monoisotopic (exact) mass is 242 g/mol. The quantitative estimate of drug-likeness (QED) is 0.709. The minimum atomic E-state index is -0.173. The van der Waals surface area contributed by atoms with Crippen LogP contribution in [0.25, 0.3) is 0 Å². The Morgan fingerprint density at radius 2 is 2.18 bits per heavy atom. The molecule has 5 nitrogen and oxygen atoms in total. The van der Waals surface area contributed by atoms with E-state index in [0.29, 0.717) is 19.7 Å². The number of likely N-dealkylation sites (N-methyl/N-ethyl adjacent to an activating group) is 1. The molecule has 1 fully saturated rings. The molecule has 98 valence electrons. The highest BCUT2D eigenvalue weighted by atomic mass is 16.5. The van der Waals surface area contributed by atoms with Crippen LogP contribution in [0.1, 0.15) is 26.7 Å². The summed E-state index contributed by atoms with van der Waals surface area (Å²) >= 11 is 0. The molecule has 1 aliphatic heterocycles. The molecule has 1 atom stereocenters. The molecule has 1 rings (SSSR count). The topological polar surface area (TPSA) is 58.6 Å². The van der Waals surface area contributed by atoms with Gasteiger partial charge in [0.1, 0.15) is 0 Å². The minimum absolute atomic E-state index is 0.0702. The fraction of sp³-hybridized carbons (Fsp3) is 0.833. The van der Waals surface area contributed by atoms with E-state index in [1.54, 1.807) is 11.8 Å². The lowest BCUT2D eigenvalue weighted by Gasteiger charge is -2.31. The van der Waals surface area contributed by atoms with Gasteiger partial charge in [-0.05, 0) is 26.3 Å². The second kappa shape index (κ2) is 7.27. The predicted molar refractivity (Wildman–Crippen MR) is 64.5 cm³/mol. The molecule has 0 saturated carbocycles. The molecule has 5 heteroatoms. The molecule has 0 aromatic rings. The van der Waals surface area contributed by atoms with E-state index in [1.807, 2.05) is 6.92 Å². The highest BCUT2D eigenvalue weighted by Crippen LogP contribution is 2.17. The number of amides is 1. The SMILES string of the molecule is CCNCC(=O)N1CCCC(C(=O)OCC)C1. The van der Waals surface area contributed by atoms with Gasteiger partial charge in [-0.25, -0.2) is 0 Å². The zero-order chi connectivity index (χ0) is 12.7. The number of hydrogen-bond acceptors (Lipinski definition) is 4. The largest absolute Gasteiger partial charge is 0.466 e. The van der Waals surface area contributed by atoms with Crippen molar-refractivity contribution in [2.75, 3.05) is 32.8 Å². The molecule has 0 radical (unpaired) electrons. The third kappa shape index (κ3) is 4.34. The summed E-state index contributed by atoms with van der Waals surface area (Å²) in [4.78, 5) is 25.2. The first kappa shape index (κ1) is 14.0. The van der Waals surface area contributed by atoms with Crippen LogP contribution in [0.2, 0.25) is 0 Å². The number of esters is 1. The standard InChI is InChI=1S/C12H22N2O3/c1-3-13-8-11(15)14-7-5-6-10(9-14)12(16)17-4-2/h10,13H,3-9H2,1-2H3. The number of nitrogens with one attached hydrogen (secondary N) is 1. The molecule has 0 aromatic carbocycles. The molecular formula is C12H22N2O3. The van der Waals surface area contributed by atoms with Gasteiger partial charge in [-0.3, -0.25) is 9.59 Å². The van der Waals surface area contributed by atoms with Crippen LogP contribution in [0.15, 0.2) is 0 Å².